The highest BCUT2D eigenvalue weighted by molar-refractivity contribution is 6.04. The van der Waals surface area contributed by atoms with Crippen molar-refractivity contribution >= 4 is 23.1 Å². The molecule has 0 aliphatic rings. The summed E-state index contributed by atoms with van der Waals surface area (Å²) >= 11 is 0. The third-order valence-electron chi connectivity index (χ3n) is 3.71. The van der Waals surface area contributed by atoms with Crippen LogP contribution in [0.3, 0.4) is 0 Å². The third kappa shape index (κ3) is 2.17. The SMILES string of the molecule is Cc1c(C[C]=O)c2ccccc2n1C(=O)c1ccccc1. The molecule has 3 heteroatoms. The second-order valence-electron chi connectivity index (χ2n) is 4.91. The van der Waals surface area contributed by atoms with Crippen LogP contribution in [0.2, 0.25) is 0 Å². The molecule has 0 bridgehead atoms. The fourth-order valence-electron chi connectivity index (χ4n) is 2.70. The molecule has 0 spiro atoms. The summed E-state index contributed by atoms with van der Waals surface area (Å²) in [5.41, 5.74) is 3.12. The van der Waals surface area contributed by atoms with Crippen LogP contribution in [0.15, 0.2) is 54.6 Å². The van der Waals surface area contributed by atoms with Crippen molar-refractivity contribution in [1.82, 2.24) is 4.57 Å². The smallest absolute Gasteiger partial charge is 0.262 e. The molecule has 0 unspecified atom stereocenters. The van der Waals surface area contributed by atoms with Gasteiger partial charge in [0, 0.05) is 23.1 Å². The molecular weight excluding hydrogens is 262 g/mol. The first kappa shape index (κ1) is 13.3. The van der Waals surface area contributed by atoms with Gasteiger partial charge in [0.1, 0.15) is 0 Å². The van der Waals surface area contributed by atoms with E-state index in [1.165, 1.54) is 0 Å². The summed E-state index contributed by atoms with van der Waals surface area (Å²) in [6.07, 6.45) is 2.13. The molecule has 0 aliphatic carbocycles. The van der Waals surface area contributed by atoms with Gasteiger partial charge >= 0.3 is 0 Å². The number of aromatic nitrogens is 1. The number of hydrogen-bond donors (Lipinski definition) is 0. The Hall–Kier alpha value is -2.68. The first-order chi connectivity index (χ1) is 10.2. The average molecular weight is 276 g/mol. The standard InChI is InChI=1S/C18H14NO2/c1-13-15(11-12-20)16-9-5-6-10-17(16)19(13)18(21)14-7-3-2-4-8-14/h2-10H,11H2,1H3. The number of carbonyl (C=O) groups is 1. The molecule has 1 aromatic heterocycles. The second-order valence-corrected chi connectivity index (χ2v) is 4.91. The molecule has 1 radical (unpaired) electrons. The lowest BCUT2D eigenvalue weighted by Crippen LogP contribution is -2.13. The van der Waals surface area contributed by atoms with Gasteiger partial charge in [-0.2, -0.15) is 0 Å². The van der Waals surface area contributed by atoms with E-state index in [0.29, 0.717) is 5.56 Å². The van der Waals surface area contributed by atoms with Crippen molar-refractivity contribution in [2.24, 2.45) is 0 Å². The molecule has 3 rings (SSSR count). The van der Waals surface area contributed by atoms with Crippen molar-refractivity contribution in [3.8, 4) is 0 Å². The van der Waals surface area contributed by atoms with Gasteiger partial charge in [0.2, 0.25) is 6.29 Å². The van der Waals surface area contributed by atoms with Gasteiger partial charge < -0.3 is 0 Å². The number of carbonyl (C=O) groups excluding carboxylic acids is 2. The van der Waals surface area contributed by atoms with E-state index >= 15 is 0 Å². The van der Waals surface area contributed by atoms with Gasteiger partial charge in [0.25, 0.3) is 5.91 Å². The Morgan fingerprint density at radius 1 is 1.05 bits per heavy atom. The minimum absolute atomic E-state index is 0.0820. The largest absolute Gasteiger partial charge is 0.291 e. The van der Waals surface area contributed by atoms with E-state index in [2.05, 4.69) is 0 Å². The Morgan fingerprint density at radius 3 is 2.43 bits per heavy atom. The summed E-state index contributed by atoms with van der Waals surface area (Å²) < 4.78 is 1.68. The summed E-state index contributed by atoms with van der Waals surface area (Å²) in [6, 6.07) is 16.8. The molecule has 2 aromatic carbocycles. The topological polar surface area (TPSA) is 39.1 Å². The number of benzene rings is 2. The summed E-state index contributed by atoms with van der Waals surface area (Å²) in [7, 11) is 0. The predicted molar refractivity (Wildman–Crippen MR) is 82.2 cm³/mol. The zero-order valence-corrected chi connectivity index (χ0v) is 11.7. The maximum Gasteiger partial charge on any atom is 0.262 e. The molecule has 3 nitrogen and oxygen atoms in total. The van der Waals surface area contributed by atoms with Crippen LogP contribution in [-0.4, -0.2) is 16.8 Å². The minimum atomic E-state index is -0.0820. The van der Waals surface area contributed by atoms with E-state index in [9.17, 15) is 9.59 Å². The van der Waals surface area contributed by atoms with Gasteiger partial charge in [-0.15, -0.1) is 0 Å². The molecule has 0 atom stereocenters. The second kappa shape index (κ2) is 5.37. The number of hydrogen-bond acceptors (Lipinski definition) is 2. The van der Waals surface area contributed by atoms with Gasteiger partial charge in [0.05, 0.1) is 5.52 Å². The Bertz CT molecular complexity index is 816. The summed E-state index contributed by atoms with van der Waals surface area (Å²) in [4.78, 5) is 23.6. The van der Waals surface area contributed by atoms with Crippen LogP contribution in [0.25, 0.3) is 10.9 Å². The highest BCUT2D eigenvalue weighted by Crippen LogP contribution is 2.26. The van der Waals surface area contributed by atoms with Crippen LogP contribution >= 0.6 is 0 Å². The Balaban J connectivity index is 2.25. The van der Waals surface area contributed by atoms with E-state index in [1.54, 1.807) is 16.7 Å². The molecule has 0 saturated carbocycles. The van der Waals surface area contributed by atoms with E-state index in [1.807, 2.05) is 55.7 Å². The van der Waals surface area contributed by atoms with Crippen LogP contribution < -0.4 is 0 Å². The van der Waals surface area contributed by atoms with Crippen LogP contribution in [0.5, 0.6) is 0 Å². The Labute approximate surface area is 122 Å². The molecule has 0 amide bonds. The fourth-order valence-corrected chi connectivity index (χ4v) is 2.70. The van der Waals surface area contributed by atoms with E-state index < -0.39 is 0 Å². The first-order valence-electron chi connectivity index (χ1n) is 6.77. The van der Waals surface area contributed by atoms with Gasteiger partial charge in [-0.05, 0) is 30.7 Å². The summed E-state index contributed by atoms with van der Waals surface area (Å²) in [5.74, 6) is -0.0820. The molecular formula is C18H14NO2. The lowest BCUT2D eigenvalue weighted by molar-refractivity contribution is 0.0963. The predicted octanol–water partition coefficient (Wildman–Crippen LogP) is 3.29. The maximum atomic E-state index is 12.8. The Kier molecular flexibility index (Phi) is 3.40. The van der Waals surface area contributed by atoms with Crippen molar-refractivity contribution in [3.63, 3.8) is 0 Å². The number of para-hydroxylation sites is 1. The van der Waals surface area contributed by atoms with Crippen LogP contribution in [0, 0.1) is 6.92 Å². The highest BCUT2D eigenvalue weighted by Gasteiger charge is 2.19. The maximum absolute atomic E-state index is 12.8. The van der Waals surface area contributed by atoms with Gasteiger partial charge in [-0.1, -0.05) is 36.4 Å². The monoisotopic (exact) mass is 276 g/mol. The van der Waals surface area contributed by atoms with E-state index in [-0.39, 0.29) is 12.3 Å². The van der Waals surface area contributed by atoms with Gasteiger partial charge in [0.15, 0.2) is 0 Å². The van der Waals surface area contributed by atoms with Crippen molar-refractivity contribution in [3.05, 3.63) is 71.4 Å². The molecule has 1 heterocycles. The molecule has 0 saturated heterocycles. The zero-order valence-electron chi connectivity index (χ0n) is 11.7. The van der Waals surface area contributed by atoms with E-state index in [4.69, 9.17) is 0 Å². The summed E-state index contributed by atoms with van der Waals surface area (Å²) in [6.45, 7) is 1.87. The number of rotatable bonds is 3. The molecule has 0 fully saturated rings. The van der Waals surface area contributed by atoms with Crippen LogP contribution in [-0.2, 0) is 11.2 Å². The number of nitrogens with zero attached hydrogens (tertiary/aromatic N) is 1. The molecule has 3 aromatic rings. The van der Waals surface area contributed by atoms with E-state index in [0.717, 1.165) is 22.2 Å². The fraction of sp³-hybridized carbons (Fsp3) is 0.111. The first-order valence-corrected chi connectivity index (χ1v) is 6.77. The quantitative estimate of drug-likeness (QED) is 0.736. The molecule has 103 valence electrons. The van der Waals surface area contributed by atoms with Crippen molar-refractivity contribution in [1.29, 1.82) is 0 Å². The van der Waals surface area contributed by atoms with Crippen LogP contribution in [0.4, 0.5) is 0 Å². The molecule has 0 N–H and O–H groups in total. The number of fused-ring (bicyclic) bond motifs is 1. The third-order valence-corrected chi connectivity index (χ3v) is 3.71. The minimum Gasteiger partial charge on any atom is -0.291 e. The van der Waals surface area contributed by atoms with Crippen molar-refractivity contribution in [2.45, 2.75) is 13.3 Å². The molecule has 0 aliphatic heterocycles. The van der Waals surface area contributed by atoms with Crippen molar-refractivity contribution < 1.29 is 9.59 Å². The van der Waals surface area contributed by atoms with Gasteiger partial charge in [-0.25, -0.2) is 0 Å². The lowest BCUT2D eigenvalue weighted by atomic mass is 10.1. The van der Waals surface area contributed by atoms with Crippen LogP contribution in [0.1, 0.15) is 21.6 Å². The Morgan fingerprint density at radius 2 is 1.71 bits per heavy atom. The summed E-state index contributed by atoms with van der Waals surface area (Å²) in [5, 5.41) is 0.933. The normalized spacial score (nSPS) is 10.7. The zero-order chi connectivity index (χ0) is 14.8. The molecule has 21 heavy (non-hydrogen) atoms. The average Bonchev–Trinajstić information content (AvgIpc) is 2.81. The lowest BCUT2D eigenvalue weighted by Gasteiger charge is -2.07. The van der Waals surface area contributed by atoms with Crippen molar-refractivity contribution in [2.75, 3.05) is 0 Å². The van der Waals surface area contributed by atoms with Gasteiger partial charge in [-0.3, -0.25) is 14.2 Å². The highest BCUT2D eigenvalue weighted by atomic mass is 16.2.